The zero-order chi connectivity index (χ0) is 17.9. The van der Waals surface area contributed by atoms with Crippen LogP contribution in [0.15, 0.2) is 0 Å². The highest BCUT2D eigenvalue weighted by Gasteiger charge is 2.32. The average molecular weight is 339 g/mol. The molecule has 1 aliphatic rings. The monoisotopic (exact) mass is 339 g/mol. The first-order valence-corrected chi connectivity index (χ1v) is 8.81. The van der Waals surface area contributed by atoms with E-state index >= 15 is 0 Å². The number of unbranched alkanes of at least 4 members (excludes halogenated alkanes) is 2. The Morgan fingerprint density at radius 2 is 1.54 bits per heavy atom. The number of Topliss-reactive ketones (excluding diaryl/α,β-unsaturated/α-hetero) is 1. The molecular formula is C17H29N3O4. The first-order chi connectivity index (χ1) is 11.4. The van der Waals surface area contributed by atoms with Crippen LogP contribution in [0.5, 0.6) is 0 Å². The van der Waals surface area contributed by atoms with Crippen LogP contribution in [0, 0.1) is 0 Å². The summed E-state index contributed by atoms with van der Waals surface area (Å²) in [6.07, 6.45) is 5.06. The normalized spacial score (nSPS) is 20.2. The summed E-state index contributed by atoms with van der Waals surface area (Å²) in [6.45, 7) is 4.02. The summed E-state index contributed by atoms with van der Waals surface area (Å²) in [6, 6.07) is -0.891. The molecule has 0 radical (unpaired) electrons. The van der Waals surface area contributed by atoms with E-state index in [1.165, 1.54) is 6.92 Å². The summed E-state index contributed by atoms with van der Waals surface area (Å²) < 4.78 is 0. The molecular weight excluding hydrogens is 310 g/mol. The maximum Gasteiger partial charge on any atom is 0.243 e. The third kappa shape index (κ3) is 7.57. The van der Waals surface area contributed by atoms with Gasteiger partial charge in [0, 0.05) is 19.4 Å². The number of hydrogen-bond donors (Lipinski definition) is 3. The molecule has 136 valence electrons. The highest BCUT2D eigenvalue weighted by atomic mass is 16.2. The molecule has 0 aromatic carbocycles. The molecule has 1 heterocycles. The SMILES string of the molecule is CCCCC1NC(=O)C(CCCCNC(=O)CCC(C)=O)NC1=O. The van der Waals surface area contributed by atoms with Crippen molar-refractivity contribution in [3.05, 3.63) is 0 Å². The van der Waals surface area contributed by atoms with Crippen LogP contribution in [-0.2, 0) is 19.2 Å². The second-order valence-electron chi connectivity index (χ2n) is 6.31. The van der Waals surface area contributed by atoms with Crippen LogP contribution in [0.2, 0.25) is 0 Å². The molecule has 0 saturated carbocycles. The molecule has 0 spiro atoms. The van der Waals surface area contributed by atoms with Crippen molar-refractivity contribution in [2.75, 3.05) is 6.54 Å². The summed E-state index contributed by atoms with van der Waals surface area (Å²) in [7, 11) is 0. The number of piperazine rings is 1. The van der Waals surface area contributed by atoms with E-state index in [1.807, 2.05) is 6.92 Å². The quantitative estimate of drug-likeness (QED) is 0.485. The molecule has 0 aliphatic carbocycles. The molecule has 1 rings (SSSR count). The smallest absolute Gasteiger partial charge is 0.243 e. The fourth-order valence-corrected chi connectivity index (χ4v) is 2.57. The van der Waals surface area contributed by atoms with Gasteiger partial charge in [-0.25, -0.2) is 0 Å². The van der Waals surface area contributed by atoms with E-state index in [4.69, 9.17) is 0 Å². The van der Waals surface area contributed by atoms with Crippen LogP contribution in [0.3, 0.4) is 0 Å². The Morgan fingerprint density at radius 3 is 2.08 bits per heavy atom. The van der Waals surface area contributed by atoms with Crippen LogP contribution in [0.25, 0.3) is 0 Å². The van der Waals surface area contributed by atoms with E-state index in [9.17, 15) is 19.2 Å². The van der Waals surface area contributed by atoms with Crippen LogP contribution in [-0.4, -0.2) is 42.1 Å². The molecule has 1 fully saturated rings. The summed E-state index contributed by atoms with van der Waals surface area (Å²) in [5.74, 6) is -0.360. The molecule has 0 aromatic rings. The van der Waals surface area contributed by atoms with E-state index in [0.29, 0.717) is 19.4 Å². The largest absolute Gasteiger partial charge is 0.356 e. The number of rotatable bonds is 11. The van der Waals surface area contributed by atoms with Crippen LogP contribution in [0.4, 0.5) is 0 Å². The zero-order valence-corrected chi connectivity index (χ0v) is 14.7. The Balaban J connectivity index is 2.17. The van der Waals surface area contributed by atoms with Crippen LogP contribution in [0.1, 0.15) is 65.2 Å². The Morgan fingerprint density at radius 1 is 0.958 bits per heavy atom. The van der Waals surface area contributed by atoms with E-state index in [0.717, 1.165) is 25.7 Å². The first kappa shape index (κ1) is 20.1. The van der Waals surface area contributed by atoms with Crippen molar-refractivity contribution in [1.29, 1.82) is 0 Å². The summed E-state index contributed by atoms with van der Waals surface area (Å²) >= 11 is 0. The van der Waals surface area contributed by atoms with Gasteiger partial charge >= 0.3 is 0 Å². The van der Waals surface area contributed by atoms with Crippen molar-refractivity contribution in [1.82, 2.24) is 16.0 Å². The van der Waals surface area contributed by atoms with Crippen molar-refractivity contribution in [2.45, 2.75) is 77.3 Å². The molecule has 3 N–H and O–H groups in total. The van der Waals surface area contributed by atoms with Gasteiger partial charge < -0.3 is 20.7 Å². The van der Waals surface area contributed by atoms with Gasteiger partial charge in [-0.2, -0.15) is 0 Å². The first-order valence-electron chi connectivity index (χ1n) is 8.81. The lowest BCUT2D eigenvalue weighted by atomic mass is 10.0. The Hall–Kier alpha value is -1.92. The lowest BCUT2D eigenvalue weighted by molar-refractivity contribution is -0.137. The number of amides is 3. The molecule has 3 amide bonds. The highest BCUT2D eigenvalue weighted by molar-refractivity contribution is 5.96. The average Bonchev–Trinajstić information content (AvgIpc) is 2.54. The minimum absolute atomic E-state index is 0.00134. The minimum Gasteiger partial charge on any atom is -0.356 e. The topological polar surface area (TPSA) is 104 Å². The predicted molar refractivity (Wildman–Crippen MR) is 90.2 cm³/mol. The highest BCUT2D eigenvalue weighted by Crippen LogP contribution is 2.09. The van der Waals surface area contributed by atoms with Gasteiger partial charge in [-0.15, -0.1) is 0 Å². The third-order valence-corrected chi connectivity index (χ3v) is 4.06. The van der Waals surface area contributed by atoms with Gasteiger partial charge in [-0.3, -0.25) is 14.4 Å². The molecule has 0 aromatic heterocycles. The van der Waals surface area contributed by atoms with Gasteiger partial charge in [-0.05, 0) is 32.6 Å². The Kier molecular flexibility index (Phi) is 9.04. The van der Waals surface area contributed by atoms with Crippen molar-refractivity contribution in [3.8, 4) is 0 Å². The summed E-state index contributed by atoms with van der Waals surface area (Å²) in [5, 5.41) is 8.31. The summed E-state index contributed by atoms with van der Waals surface area (Å²) in [4.78, 5) is 46.2. The van der Waals surface area contributed by atoms with Crippen molar-refractivity contribution >= 4 is 23.5 Å². The predicted octanol–water partition coefficient (Wildman–Crippen LogP) is 0.816. The molecule has 7 nitrogen and oxygen atoms in total. The lowest BCUT2D eigenvalue weighted by Crippen LogP contribution is -2.61. The number of carbonyl (C=O) groups is 4. The number of hydrogen-bond acceptors (Lipinski definition) is 4. The fraction of sp³-hybridized carbons (Fsp3) is 0.765. The van der Waals surface area contributed by atoms with Crippen molar-refractivity contribution in [3.63, 3.8) is 0 Å². The number of nitrogens with one attached hydrogen (secondary N) is 3. The summed E-state index contributed by atoms with van der Waals surface area (Å²) in [5.41, 5.74) is 0. The van der Waals surface area contributed by atoms with Gasteiger partial charge in [0.05, 0.1) is 0 Å². The second kappa shape index (κ2) is 10.8. The lowest BCUT2D eigenvalue weighted by Gasteiger charge is -2.29. The fourth-order valence-electron chi connectivity index (χ4n) is 2.57. The van der Waals surface area contributed by atoms with Gasteiger partial charge in [-0.1, -0.05) is 19.8 Å². The molecule has 0 bridgehead atoms. The van der Waals surface area contributed by atoms with Crippen molar-refractivity contribution < 1.29 is 19.2 Å². The van der Waals surface area contributed by atoms with Gasteiger partial charge in [0.15, 0.2) is 0 Å². The molecule has 1 saturated heterocycles. The molecule has 2 atom stereocenters. The van der Waals surface area contributed by atoms with Gasteiger partial charge in [0.1, 0.15) is 17.9 Å². The van der Waals surface area contributed by atoms with E-state index in [-0.39, 0.29) is 36.3 Å². The number of carbonyl (C=O) groups excluding carboxylic acids is 4. The minimum atomic E-state index is -0.483. The maximum absolute atomic E-state index is 12.0. The van der Waals surface area contributed by atoms with Gasteiger partial charge in [0.2, 0.25) is 17.7 Å². The Bertz CT molecular complexity index is 465. The molecule has 7 heteroatoms. The molecule has 2 unspecified atom stereocenters. The molecule has 24 heavy (non-hydrogen) atoms. The Labute approximate surface area is 143 Å². The van der Waals surface area contributed by atoms with Crippen molar-refractivity contribution in [2.24, 2.45) is 0 Å². The van der Waals surface area contributed by atoms with Gasteiger partial charge in [0.25, 0.3) is 0 Å². The second-order valence-corrected chi connectivity index (χ2v) is 6.31. The third-order valence-electron chi connectivity index (χ3n) is 4.06. The maximum atomic E-state index is 12.0. The van der Waals surface area contributed by atoms with E-state index in [1.54, 1.807) is 0 Å². The van der Waals surface area contributed by atoms with Crippen LogP contribution < -0.4 is 16.0 Å². The standard InChI is InChI=1S/C17H29N3O4/c1-3-4-7-13-16(23)20-14(17(24)19-13)8-5-6-11-18-15(22)10-9-12(2)21/h13-14H,3-11H2,1-2H3,(H,18,22)(H,19,24)(H,20,23). The van der Waals surface area contributed by atoms with E-state index in [2.05, 4.69) is 16.0 Å². The molecule has 1 aliphatic heterocycles. The van der Waals surface area contributed by atoms with E-state index < -0.39 is 12.1 Å². The van der Waals surface area contributed by atoms with Crippen LogP contribution >= 0.6 is 0 Å². The zero-order valence-electron chi connectivity index (χ0n) is 14.7. The number of ketones is 1.